The fourth-order valence-electron chi connectivity index (χ4n) is 5.92. The van der Waals surface area contributed by atoms with Crippen molar-refractivity contribution in [3.05, 3.63) is 42.1 Å². The van der Waals surface area contributed by atoms with Crippen molar-refractivity contribution >= 4 is 11.7 Å². The molecule has 3 aliphatic heterocycles. The Labute approximate surface area is 194 Å². The number of piperidine rings is 1. The first-order valence-corrected chi connectivity index (χ1v) is 12.0. The molecule has 176 valence electrons. The molecule has 0 radical (unpaired) electrons. The number of anilines is 1. The maximum atomic E-state index is 14.1. The molecule has 7 nitrogen and oxygen atoms in total. The summed E-state index contributed by atoms with van der Waals surface area (Å²) < 4.78 is 20.3. The summed E-state index contributed by atoms with van der Waals surface area (Å²) in [5.74, 6) is 0.790. The lowest BCUT2D eigenvalue weighted by Gasteiger charge is -2.54. The van der Waals surface area contributed by atoms with Crippen LogP contribution in [0.3, 0.4) is 0 Å². The van der Waals surface area contributed by atoms with Gasteiger partial charge >= 0.3 is 0 Å². The number of carbonyl (C=O) groups excluding carboxylic acids is 1. The van der Waals surface area contributed by atoms with E-state index in [2.05, 4.69) is 20.2 Å². The van der Waals surface area contributed by atoms with Crippen LogP contribution in [0, 0.1) is 11.2 Å². The number of aromatic nitrogens is 2. The topological polar surface area (TPSA) is 70.6 Å². The molecule has 5 rings (SSSR count). The van der Waals surface area contributed by atoms with E-state index in [1.807, 2.05) is 20.8 Å². The number of amides is 1. The highest BCUT2D eigenvalue weighted by Gasteiger charge is 2.51. The molecule has 1 aromatic carbocycles. The van der Waals surface area contributed by atoms with Crippen molar-refractivity contribution in [2.24, 2.45) is 5.41 Å². The quantitative estimate of drug-likeness (QED) is 0.713. The van der Waals surface area contributed by atoms with Crippen LogP contribution in [0.5, 0.6) is 11.5 Å². The van der Waals surface area contributed by atoms with E-state index in [1.54, 1.807) is 11.1 Å². The summed E-state index contributed by atoms with van der Waals surface area (Å²) in [6.45, 7) is 8.21. The monoisotopic (exact) mass is 453 g/mol. The molecule has 0 aliphatic carbocycles. The van der Waals surface area contributed by atoms with Crippen molar-refractivity contribution in [1.82, 2.24) is 20.2 Å². The van der Waals surface area contributed by atoms with Gasteiger partial charge in [-0.1, -0.05) is 0 Å². The van der Waals surface area contributed by atoms with E-state index < -0.39 is 5.82 Å². The van der Waals surface area contributed by atoms with Gasteiger partial charge in [-0.2, -0.15) is 0 Å². The molecule has 3 fully saturated rings. The average Bonchev–Trinajstić information content (AvgIpc) is 3.12. The molecule has 2 bridgehead atoms. The number of rotatable bonds is 6. The van der Waals surface area contributed by atoms with Gasteiger partial charge in [0.2, 0.25) is 0 Å². The molecule has 2 atom stereocenters. The Kier molecular flexibility index (Phi) is 5.72. The fraction of sp³-hybridized carbons (Fsp3) is 0.560. The van der Waals surface area contributed by atoms with Crippen molar-refractivity contribution < 1.29 is 13.9 Å². The number of ether oxygens (including phenoxy) is 1. The Morgan fingerprint density at radius 2 is 2.00 bits per heavy atom. The second-order valence-electron chi connectivity index (χ2n) is 10.0. The van der Waals surface area contributed by atoms with Gasteiger partial charge in [0.25, 0.3) is 5.91 Å². The van der Waals surface area contributed by atoms with Gasteiger partial charge in [0.05, 0.1) is 11.8 Å². The molecule has 2 unspecified atom stereocenters. The molecule has 1 N–H and O–H groups in total. The SMILES string of the molecule is CCN(C(=O)c1cc(F)ccc1Oc1cncnc1N1CC2(CC3CCC(C2)N3)C1)C(C)C. The van der Waals surface area contributed by atoms with Crippen LogP contribution in [0.4, 0.5) is 10.2 Å². The number of nitrogens with one attached hydrogen (secondary N) is 1. The molecule has 8 heteroatoms. The third-order valence-electron chi connectivity index (χ3n) is 7.32. The van der Waals surface area contributed by atoms with Crippen LogP contribution in [0.1, 0.15) is 56.8 Å². The zero-order valence-corrected chi connectivity index (χ0v) is 19.6. The van der Waals surface area contributed by atoms with Gasteiger partial charge in [-0.3, -0.25) is 4.79 Å². The Morgan fingerprint density at radius 3 is 2.67 bits per heavy atom. The normalized spacial score (nSPS) is 23.0. The number of carbonyl (C=O) groups is 1. The summed E-state index contributed by atoms with van der Waals surface area (Å²) >= 11 is 0. The summed E-state index contributed by atoms with van der Waals surface area (Å²) in [4.78, 5) is 25.7. The Hall–Kier alpha value is -2.74. The third-order valence-corrected chi connectivity index (χ3v) is 7.32. The predicted octanol–water partition coefficient (Wildman–Crippen LogP) is 4.00. The molecule has 3 saturated heterocycles. The van der Waals surface area contributed by atoms with Crippen LogP contribution in [-0.2, 0) is 0 Å². The van der Waals surface area contributed by atoms with Crippen LogP contribution >= 0.6 is 0 Å². The zero-order chi connectivity index (χ0) is 23.2. The molecule has 0 saturated carbocycles. The molecule has 3 aliphatic rings. The largest absolute Gasteiger partial charge is 0.451 e. The van der Waals surface area contributed by atoms with Gasteiger partial charge in [0.1, 0.15) is 17.9 Å². The van der Waals surface area contributed by atoms with Gasteiger partial charge < -0.3 is 19.9 Å². The highest BCUT2D eigenvalue weighted by atomic mass is 19.1. The van der Waals surface area contributed by atoms with Gasteiger partial charge in [0, 0.05) is 43.2 Å². The molecular weight excluding hydrogens is 421 g/mol. The number of hydrogen-bond donors (Lipinski definition) is 1. The average molecular weight is 454 g/mol. The van der Waals surface area contributed by atoms with E-state index in [4.69, 9.17) is 4.74 Å². The number of hydrogen-bond acceptors (Lipinski definition) is 6. The number of halogens is 1. The maximum absolute atomic E-state index is 14.1. The molecule has 1 spiro atoms. The van der Waals surface area contributed by atoms with E-state index in [0.717, 1.165) is 18.9 Å². The number of benzene rings is 1. The first-order valence-electron chi connectivity index (χ1n) is 12.0. The van der Waals surface area contributed by atoms with E-state index in [0.29, 0.717) is 35.5 Å². The fourth-order valence-corrected chi connectivity index (χ4v) is 5.92. The maximum Gasteiger partial charge on any atom is 0.257 e. The number of fused-ring (bicyclic) bond motifs is 2. The summed E-state index contributed by atoms with van der Waals surface area (Å²) in [5, 5.41) is 3.72. The van der Waals surface area contributed by atoms with Gasteiger partial charge in [-0.15, -0.1) is 0 Å². The lowest BCUT2D eigenvalue weighted by Crippen LogP contribution is -2.62. The van der Waals surface area contributed by atoms with Crippen molar-refractivity contribution in [3.8, 4) is 11.5 Å². The first-order chi connectivity index (χ1) is 15.9. The lowest BCUT2D eigenvalue weighted by atomic mass is 9.70. The van der Waals surface area contributed by atoms with E-state index in [1.165, 1.54) is 50.2 Å². The summed E-state index contributed by atoms with van der Waals surface area (Å²) in [7, 11) is 0. The highest BCUT2D eigenvalue weighted by Crippen LogP contribution is 2.49. The highest BCUT2D eigenvalue weighted by molar-refractivity contribution is 5.97. The lowest BCUT2D eigenvalue weighted by molar-refractivity contribution is 0.0713. The van der Waals surface area contributed by atoms with Crippen molar-refractivity contribution in [3.63, 3.8) is 0 Å². The van der Waals surface area contributed by atoms with E-state index >= 15 is 0 Å². The van der Waals surface area contributed by atoms with E-state index in [-0.39, 0.29) is 17.5 Å². The van der Waals surface area contributed by atoms with Crippen LogP contribution in [0.2, 0.25) is 0 Å². The van der Waals surface area contributed by atoms with Crippen LogP contribution in [0.25, 0.3) is 0 Å². The Balaban J connectivity index is 1.38. The first kappa shape index (κ1) is 22.1. The molecular formula is C25H32FN5O2. The zero-order valence-electron chi connectivity index (χ0n) is 19.6. The summed E-state index contributed by atoms with van der Waals surface area (Å²) in [6, 6.07) is 5.34. The number of nitrogens with zero attached hydrogens (tertiary/aromatic N) is 4. The van der Waals surface area contributed by atoms with Gasteiger partial charge in [-0.05, 0) is 64.7 Å². The van der Waals surface area contributed by atoms with E-state index in [9.17, 15) is 9.18 Å². The molecule has 2 aromatic rings. The summed E-state index contributed by atoms with van der Waals surface area (Å²) in [6.07, 6.45) is 8.12. The predicted molar refractivity (Wildman–Crippen MR) is 124 cm³/mol. The van der Waals surface area contributed by atoms with Crippen molar-refractivity contribution in [1.29, 1.82) is 0 Å². The Morgan fingerprint density at radius 1 is 1.27 bits per heavy atom. The second-order valence-corrected chi connectivity index (χ2v) is 10.0. The standard InChI is InChI=1S/C25H32FN5O2/c1-4-31(16(2)3)24(32)20-9-17(26)5-8-21(20)33-22-12-27-15-28-23(22)30-13-25(14-30)10-18-6-7-19(11-25)29-18/h5,8-9,12,15-16,18-19,29H,4,6-7,10-11,13-14H2,1-3H3. The molecule has 1 aromatic heterocycles. The second kappa shape index (κ2) is 8.56. The molecule has 4 heterocycles. The smallest absolute Gasteiger partial charge is 0.257 e. The minimum atomic E-state index is -0.472. The van der Waals surface area contributed by atoms with Crippen LogP contribution in [0.15, 0.2) is 30.7 Å². The van der Waals surface area contributed by atoms with Crippen LogP contribution < -0.4 is 15.0 Å². The molecule has 33 heavy (non-hydrogen) atoms. The third kappa shape index (κ3) is 4.16. The van der Waals surface area contributed by atoms with Gasteiger partial charge in [0.15, 0.2) is 11.6 Å². The van der Waals surface area contributed by atoms with Crippen molar-refractivity contribution in [2.45, 2.75) is 64.6 Å². The van der Waals surface area contributed by atoms with Crippen molar-refractivity contribution in [2.75, 3.05) is 24.5 Å². The minimum Gasteiger partial charge on any atom is -0.451 e. The van der Waals surface area contributed by atoms with Crippen LogP contribution in [-0.4, -0.2) is 58.5 Å². The minimum absolute atomic E-state index is 0.00760. The van der Waals surface area contributed by atoms with Gasteiger partial charge in [-0.25, -0.2) is 14.4 Å². The summed E-state index contributed by atoms with van der Waals surface area (Å²) in [5.41, 5.74) is 0.546. The molecule has 1 amide bonds. The Bertz CT molecular complexity index is 1030.